The standard InChI is InChI=1S/C26H22N2O4S/c1-15-20-6-4-5-7-22(20)33-23(15)21(29)14-28-24(30)26(2,27-25(28)31)18-10-8-17-13-19(32-3)11-9-16(17)12-18/h4-13H,14H2,1-3H3,(H,27,31)/t26-/m1/s1. The van der Waals surface area contributed by atoms with Crippen molar-refractivity contribution in [1.29, 1.82) is 0 Å². The van der Waals surface area contributed by atoms with Gasteiger partial charge in [-0.1, -0.05) is 36.4 Å². The van der Waals surface area contributed by atoms with Crippen LogP contribution in [0.25, 0.3) is 20.9 Å². The Morgan fingerprint density at radius 2 is 1.79 bits per heavy atom. The van der Waals surface area contributed by atoms with Gasteiger partial charge in [0.05, 0.1) is 18.5 Å². The molecule has 3 aromatic carbocycles. The number of urea groups is 1. The van der Waals surface area contributed by atoms with Crippen molar-refractivity contribution in [3.05, 3.63) is 76.7 Å². The first-order chi connectivity index (χ1) is 15.8. The summed E-state index contributed by atoms with van der Waals surface area (Å²) in [4.78, 5) is 40.8. The van der Waals surface area contributed by atoms with Gasteiger partial charge in [-0.3, -0.25) is 14.5 Å². The number of aryl methyl sites for hydroxylation is 1. The van der Waals surface area contributed by atoms with Crippen LogP contribution >= 0.6 is 11.3 Å². The van der Waals surface area contributed by atoms with Gasteiger partial charge in [0.2, 0.25) is 0 Å². The molecule has 1 atom stereocenters. The number of imide groups is 1. The summed E-state index contributed by atoms with van der Waals surface area (Å²) in [7, 11) is 1.61. The van der Waals surface area contributed by atoms with Gasteiger partial charge in [-0.25, -0.2) is 4.79 Å². The number of benzene rings is 3. The van der Waals surface area contributed by atoms with Crippen LogP contribution in [0.15, 0.2) is 60.7 Å². The van der Waals surface area contributed by atoms with Gasteiger partial charge in [-0.15, -0.1) is 11.3 Å². The predicted octanol–water partition coefficient (Wildman–Crippen LogP) is 5.02. The number of hydrogen-bond acceptors (Lipinski definition) is 5. The van der Waals surface area contributed by atoms with Crippen molar-refractivity contribution in [1.82, 2.24) is 10.2 Å². The minimum atomic E-state index is -1.25. The second-order valence-corrected chi connectivity index (χ2v) is 9.40. The van der Waals surface area contributed by atoms with Crippen LogP contribution < -0.4 is 10.1 Å². The number of nitrogens with zero attached hydrogens (tertiary/aromatic N) is 1. The zero-order valence-corrected chi connectivity index (χ0v) is 19.3. The van der Waals surface area contributed by atoms with Crippen molar-refractivity contribution in [2.45, 2.75) is 19.4 Å². The van der Waals surface area contributed by atoms with Crippen molar-refractivity contribution in [2.24, 2.45) is 0 Å². The molecule has 7 heteroatoms. The van der Waals surface area contributed by atoms with E-state index in [0.717, 1.165) is 37.1 Å². The van der Waals surface area contributed by atoms with Crippen molar-refractivity contribution in [3.63, 3.8) is 0 Å². The Bertz CT molecular complexity index is 1460. The number of Topliss-reactive ketones (excluding diaryl/α,β-unsaturated/α-hetero) is 1. The normalized spacial score (nSPS) is 18.2. The molecule has 0 unspecified atom stereocenters. The van der Waals surface area contributed by atoms with Crippen LogP contribution in [-0.4, -0.2) is 36.3 Å². The average molecular weight is 459 g/mol. The lowest BCUT2D eigenvalue weighted by molar-refractivity contribution is -0.130. The summed E-state index contributed by atoms with van der Waals surface area (Å²) >= 11 is 1.39. The van der Waals surface area contributed by atoms with Crippen LogP contribution in [0.2, 0.25) is 0 Å². The van der Waals surface area contributed by atoms with E-state index in [-0.39, 0.29) is 12.3 Å². The molecule has 4 aromatic rings. The van der Waals surface area contributed by atoms with Crippen LogP contribution in [0.1, 0.15) is 27.7 Å². The molecule has 1 saturated heterocycles. The highest BCUT2D eigenvalue weighted by Gasteiger charge is 2.49. The number of ether oxygens (including phenoxy) is 1. The summed E-state index contributed by atoms with van der Waals surface area (Å²) in [6.45, 7) is 3.28. The molecule has 0 aliphatic carbocycles. The number of amides is 3. The minimum Gasteiger partial charge on any atom is -0.497 e. The first-order valence-corrected chi connectivity index (χ1v) is 11.4. The second kappa shape index (κ2) is 7.71. The molecule has 0 saturated carbocycles. The number of carbonyl (C=O) groups excluding carboxylic acids is 3. The summed E-state index contributed by atoms with van der Waals surface area (Å²) in [5.74, 6) is 0.0625. The molecule has 0 bridgehead atoms. The highest BCUT2D eigenvalue weighted by atomic mass is 32.1. The van der Waals surface area contributed by atoms with Gasteiger partial charge >= 0.3 is 6.03 Å². The topological polar surface area (TPSA) is 75.7 Å². The molecule has 1 aliphatic rings. The zero-order valence-electron chi connectivity index (χ0n) is 18.5. The molecule has 1 fully saturated rings. The Morgan fingerprint density at radius 3 is 2.55 bits per heavy atom. The molecule has 0 radical (unpaired) electrons. The molecule has 6 nitrogen and oxygen atoms in total. The van der Waals surface area contributed by atoms with Gasteiger partial charge in [0.15, 0.2) is 5.78 Å². The lowest BCUT2D eigenvalue weighted by atomic mass is 9.90. The number of nitrogens with one attached hydrogen (secondary N) is 1. The molecule has 33 heavy (non-hydrogen) atoms. The molecular formula is C26H22N2O4S. The first kappa shape index (κ1) is 21.2. The van der Waals surface area contributed by atoms with Crippen LogP contribution in [0.3, 0.4) is 0 Å². The van der Waals surface area contributed by atoms with E-state index >= 15 is 0 Å². The van der Waals surface area contributed by atoms with E-state index in [1.54, 1.807) is 14.0 Å². The Balaban J connectivity index is 1.44. The third kappa shape index (κ3) is 3.36. The minimum absolute atomic E-state index is 0.243. The molecule has 1 N–H and O–H groups in total. The third-order valence-corrected chi connectivity index (χ3v) is 7.61. The highest BCUT2D eigenvalue weighted by Crippen LogP contribution is 2.34. The summed E-state index contributed by atoms with van der Waals surface area (Å²) in [5, 5.41) is 5.70. The van der Waals surface area contributed by atoms with Crippen LogP contribution in [0, 0.1) is 6.92 Å². The van der Waals surface area contributed by atoms with Gasteiger partial charge in [0.1, 0.15) is 11.3 Å². The molecular weight excluding hydrogens is 436 g/mol. The number of fused-ring (bicyclic) bond motifs is 2. The van der Waals surface area contributed by atoms with E-state index in [2.05, 4.69) is 5.32 Å². The van der Waals surface area contributed by atoms with Gasteiger partial charge in [0, 0.05) is 4.70 Å². The maximum atomic E-state index is 13.4. The lowest BCUT2D eigenvalue weighted by Crippen LogP contribution is -2.41. The number of rotatable bonds is 5. The number of ketones is 1. The molecule has 1 aromatic heterocycles. The summed E-state index contributed by atoms with van der Waals surface area (Å²) in [5.41, 5.74) is 0.285. The molecule has 0 spiro atoms. The highest BCUT2D eigenvalue weighted by molar-refractivity contribution is 7.21. The Kier molecular flexibility index (Phi) is 4.94. The van der Waals surface area contributed by atoms with E-state index in [9.17, 15) is 14.4 Å². The van der Waals surface area contributed by atoms with E-state index in [1.165, 1.54) is 11.3 Å². The number of hydrogen-bond donors (Lipinski definition) is 1. The van der Waals surface area contributed by atoms with Gasteiger partial charge in [-0.2, -0.15) is 0 Å². The number of thiophene rings is 1. The quantitative estimate of drug-likeness (QED) is 0.337. The first-order valence-electron chi connectivity index (χ1n) is 10.6. The van der Waals surface area contributed by atoms with E-state index < -0.39 is 17.5 Å². The molecule has 2 heterocycles. The maximum Gasteiger partial charge on any atom is 0.325 e. The van der Waals surface area contributed by atoms with E-state index in [0.29, 0.717) is 10.4 Å². The van der Waals surface area contributed by atoms with E-state index in [4.69, 9.17) is 4.74 Å². The van der Waals surface area contributed by atoms with Gasteiger partial charge in [-0.05, 0) is 65.4 Å². The lowest BCUT2D eigenvalue weighted by Gasteiger charge is -2.22. The second-order valence-electron chi connectivity index (χ2n) is 8.35. The van der Waals surface area contributed by atoms with Crippen molar-refractivity contribution in [2.75, 3.05) is 13.7 Å². The predicted molar refractivity (Wildman–Crippen MR) is 129 cm³/mol. The van der Waals surface area contributed by atoms with Crippen molar-refractivity contribution >= 4 is 49.9 Å². The maximum absolute atomic E-state index is 13.4. The Hall–Kier alpha value is -3.71. The number of methoxy groups -OCH3 is 1. The Morgan fingerprint density at radius 1 is 1.06 bits per heavy atom. The molecule has 5 rings (SSSR count). The zero-order chi connectivity index (χ0) is 23.3. The summed E-state index contributed by atoms with van der Waals surface area (Å²) < 4.78 is 6.28. The monoisotopic (exact) mass is 458 g/mol. The smallest absolute Gasteiger partial charge is 0.325 e. The fourth-order valence-electron chi connectivity index (χ4n) is 4.35. The largest absolute Gasteiger partial charge is 0.497 e. The Labute approximate surface area is 194 Å². The average Bonchev–Trinajstić information content (AvgIpc) is 3.27. The fourth-order valence-corrected chi connectivity index (χ4v) is 5.49. The summed E-state index contributed by atoms with van der Waals surface area (Å²) in [6, 6.07) is 18.5. The van der Waals surface area contributed by atoms with Crippen molar-refractivity contribution < 1.29 is 19.1 Å². The third-order valence-electron chi connectivity index (χ3n) is 6.30. The van der Waals surface area contributed by atoms with Gasteiger partial charge < -0.3 is 10.1 Å². The van der Waals surface area contributed by atoms with Crippen LogP contribution in [-0.2, 0) is 10.3 Å². The molecule has 3 amide bonds. The fraction of sp³-hybridized carbons (Fsp3) is 0.192. The SMILES string of the molecule is COc1ccc2cc([C@@]3(C)NC(=O)N(CC(=O)c4sc5ccccc5c4C)C3=O)ccc2c1. The van der Waals surface area contributed by atoms with Gasteiger partial charge in [0.25, 0.3) is 5.91 Å². The van der Waals surface area contributed by atoms with Crippen molar-refractivity contribution in [3.8, 4) is 5.75 Å². The van der Waals surface area contributed by atoms with E-state index in [1.807, 2.05) is 67.6 Å². The molecule has 166 valence electrons. The summed E-state index contributed by atoms with van der Waals surface area (Å²) in [6.07, 6.45) is 0. The van der Waals surface area contributed by atoms with Crippen LogP contribution in [0.4, 0.5) is 4.79 Å². The number of carbonyl (C=O) groups is 3. The molecule has 1 aliphatic heterocycles. The van der Waals surface area contributed by atoms with Crippen LogP contribution in [0.5, 0.6) is 5.75 Å².